The van der Waals surface area contributed by atoms with Crippen molar-refractivity contribution in [3.63, 3.8) is 0 Å². The van der Waals surface area contributed by atoms with Crippen LogP contribution in [0.15, 0.2) is 30.3 Å². The van der Waals surface area contributed by atoms with Crippen LogP contribution in [0, 0.1) is 5.41 Å². The van der Waals surface area contributed by atoms with Gasteiger partial charge in [-0.05, 0) is 30.4 Å². The molecule has 1 aliphatic rings. The van der Waals surface area contributed by atoms with Gasteiger partial charge in [0.2, 0.25) is 0 Å². The minimum atomic E-state index is 0.495. The minimum absolute atomic E-state index is 0.495. The molecule has 21 heavy (non-hydrogen) atoms. The molecule has 0 bridgehead atoms. The third-order valence-electron chi connectivity index (χ3n) is 4.80. The lowest BCUT2D eigenvalue weighted by molar-refractivity contribution is 0.145. The molecule has 2 nitrogen and oxygen atoms in total. The zero-order valence-electron chi connectivity index (χ0n) is 14.1. The van der Waals surface area contributed by atoms with E-state index in [0.29, 0.717) is 11.5 Å². The van der Waals surface area contributed by atoms with Crippen LogP contribution in [-0.4, -0.2) is 30.6 Å². The SMILES string of the molecule is CCN(Cc1ccccc1)CC1(CNC(C)C)CCCC1. The first-order valence-electron chi connectivity index (χ1n) is 8.63. The summed E-state index contributed by atoms with van der Waals surface area (Å²) in [4.78, 5) is 2.63. The van der Waals surface area contributed by atoms with E-state index in [-0.39, 0.29) is 0 Å². The Labute approximate surface area is 130 Å². The van der Waals surface area contributed by atoms with Crippen LogP contribution < -0.4 is 5.32 Å². The molecule has 118 valence electrons. The van der Waals surface area contributed by atoms with Crippen LogP contribution in [0.25, 0.3) is 0 Å². The van der Waals surface area contributed by atoms with E-state index in [2.05, 4.69) is 61.3 Å². The van der Waals surface area contributed by atoms with Gasteiger partial charge in [0.1, 0.15) is 0 Å². The van der Waals surface area contributed by atoms with Gasteiger partial charge in [0.05, 0.1) is 0 Å². The lowest BCUT2D eigenvalue weighted by Gasteiger charge is -2.36. The fourth-order valence-electron chi connectivity index (χ4n) is 3.53. The first-order valence-corrected chi connectivity index (χ1v) is 8.63. The lowest BCUT2D eigenvalue weighted by Crippen LogP contribution is -2.44. The van der Waals surface area contributed by atoms with E-state index in [4.69, 9.17) is 0 Å². The molecule has 0 atom stereocenters. The molecule has 0 aromatic heterocycles. The van der Waals surface area contributed by atoms with Crippen LogP contribution >= 0.6 is 0 Å². The Morgan fingerprint density at radius 1 is 1.14 bits per heavy atom. The average Bonchev–Trinajstić information content (AvgIpc) is 2.94. The van der Waals surface area contributed by atoms with Gasteiger partial charge in [0, 0.05) is 25.7 Å². The summed E-state index contributed by atoms with van der Waals surface area (Å²) in [6.07, 6.45) is 5.58. The maximum Gasteiger partial charge on any atom is 0.0233 e. The van der Waals surface area contributed by atoms with Gasteiger partial charge in [-0.2, -0.15) is 0 Å². The van der Waals surface area contributed by atoms with Crippen LogP contribution in [0.2, 0.25) is 0 Å². The molecule has 0 aliphatic heterocycles. The number of hydrogen-bond acceptors (Lipinski definition) is 2. The molecule has 0 spiro atoms. The second kappa shape index (κ2) is 7.95. The normalized spacial score (nSPS) is 17.8. The molecule has 0 unspecified atom stereocenters. The highest BCUT2D eigenvalue weighted by atomic mass is 15.1. The predicted molar refractivity (Wildman–Crippen MR) is 91.4 cm³/mol. The molecule has 0 radical (unpaired) electrons. The molecule has 1 aliphatic carbocycles. The molecule has 2 rings (SSSR count). The van der Waals surface area contributed by atoms with E-state index in [1.54, 1.807) is 0 Å². The van der Waals surface area contributed by atoms with E-state index in [1.807, 2.05) is 0 Å². The molecule has 0 saturated heterocycles. The first-order chi connectivity index (χ1) is 10.1. The van der Waals surface area contributed by atoms with Crippen molar-refractivity contribution < 1.29 is 0 Å². The highest BCUT2D eigenvalue weighted by Crippen LogP contribution is 2.38. The minimum Gasteiger partial charge on any atom is -0.314 e. The van der Waals surface area contributed by atoms with Crippen LogP contribution in [0.3, 0.4) is 0 Å². The number of rotatable bonds is 8. The van der Waals surface area contributed by atoms with E-state index < -0.39 is 0 Å². The second-order valence-electron chi connectivity index (χ2n) is 7.03. The fourth-order valence-corrected chi connectivity index (χ4v) is 3.53. The Kier molecular flexibility index (Phi) is 6.25. The standard InChI is InChI=1S/C19H32N2/c1-4-21(14-18-10-6-5-7-11-18)16-19(12-8-9-13-19)15-20-17(2)3/h5-7,10-11,17,20H,4,8-9,12-16H2,1-3H3. The smallest absolute Gasteiger partial charge is 0.0233 e. The molecular formula is C19H32N2. The van der Waals surface area contributed by atoms with Crippen molar-refractivity contribution in [2.24, 2.45) is 5.41 Å². The largest absolute Gasteiger partial charge is 0.314 e. The van der Waals surface area contributed by atoms with E-state index in [1.165, 1.54) is 44.3 Å². The Hall–Kier alpha value is -0.860. The highest BCUT2D eigenvalue weighted by Gasteiger charge is 2.35. The van der Waals surface area contributed by atoms with E-state index in [9.17, 15) is 0 Å². The average molecular weight is 288 g/mol. The van der Waals surface area contributed by atoms with Crippen molar-refractivity contribution in [1.29, 1.82) is 0 Å². The van der Waals surface area contributed by atoms with Crippen molar-refractivity contribution in [1.82, 2.24) is 10.2 Å². The van der Waals surface area contributed by atoms with Crippen LogP contribution in [-0.2, 0) is 6.54 Å². The topological polar surface area (TPSA) is 15.3 Å². The van der Waals surface area contributed by atoms with Gasteiger partial charge in [-0.1, -0.05) is 63.9 Å². The number of hydrogen-bond donors (Lipinski definition) is 1. The van der Waals surface area contributed by atoms with E-state index >= 15 is 0 Å². The second-order valence-corrected chi connectivity index (χ2v) is 7.03. The summed E-state index contributed by atoms with van der Waals surface area (Å²) in [5.74, 6) is 0. The molecular weight excluding hydrogens is 256 g/mol. The van der Waals surface area contributed by atoms with Crippen LogP contribution in [0.5, 0.6) is 0 Å². The molecule has 1 aromatic rings. The Balaban J connectivity index is 1.96. The Bertz CT molecular complexity index is 393. The summed E-state index contributed by atoms with van der Waals surface area (Å²) in [6, 6.07) is 11.5. The summed E-state index contributed by atoms with van der Waals surface area (Å²) in [5.41, 5.74) is 1.93. The van der Waals surface area contributed by atoms with Gasteiger partial charge >= 0.3 is 0 Å². The molecule has 1 saturated carbocycles. The van der Waals surface area contributed by atoms with Crippen molar-refractivity contribution in [2.75, 3.05) is 19.6 Å². The highest BCUT2D eigenvalue weighted by molar-refractivity contribution is 5.14. The zero-order valence-corrected chi connectivity index (χ0v) is 14.1. The van der Waals surface area contributed by atoms with Crippen molar-refractivity contribution >= 4 is 0 Å². The van der Waals surface area contributed by atoms with Crippen molar-refractivity contribution in [3.8, 4) is 0 Å². The van der Waals surface area contributed by atoms with Gasteiger partial charge in [-0.25, -0.2) is 0 Å². The Morgan fingerprint density at radius 2 is 1.81 bits per heavy atom. The quantitative estimate of drug-likeness (QED) is 0.776. The number of nitrogens with one attached hydrogen (secondary N) is 1. The van der Waals surface area contributed by atoms with Gasteiger partial charge in [0.25, 0.3) is 0 Å². The summed E-state index contributed by atoms with van der Waals surface area (Å²) in [6.45, 7) is 11.4. The molecule has 1 fully saturated rings. The predicted octanol–water partition coefficient (Wildman–Crippen LogP) is 4.07. The Morgan fingerprint density at radius 3 is 2.38 bits per heavy atom. The zero-order chi connectivity index (χ0) is 15.1. The summed E-state index contributed by atoms with van der Waals surface area (Å²) < 4.78 is 0. The molecule has 2 heteroatoms. The molecule has 0 amide bonds. The number of benzene rings is 1. The molecule has 1 aromatic carbocycles. The third-order valence-corrected chi connectivity index (χ3v) is 4.80. The van der Waals surface area contributed by atoms with Gasteiger partial charge in [-0.3, -0.25) is 4.90 Å². The lowest BCUT2D eigenvalue weighted by atomic mass is 9.85. The first kappa shape index (κ1) is 16.5. The van der Waals surface area contributed by atoms with Crippen LogP contribution in [0.1, 0.15) is 52.0 Å². The summed E-state index contributed by atoms with van der Waals surface area (Å²) in [5, 5.41) is 3.69. The van der Waals surface area contributed by atoms with Gasteiger partial charge < -0.3 is 5.32 Å². The van der Waals surface area contributed by atoms with Crippen molar-refractivity contribution in [3.05, 3.63) is 35.9 Å². The summed E-state index contributed by atoms with van der Waals surface area (Å²) >= 11 is 0. The van der Waals surface area contributed by atoms with Gasteiger partial charge in [0.15, 0.2) is 0 Å². The monoisotopic (exact) mass is 288 g/mol. The maximum atomic E-state index is 3.69. The summed E-state index contributed by atoms with van der Waals surface area (Å²) in [7, 11) is 0. The van der Waals surface area contributed by atoms with Crippen LogP contribution in [0.4, 0.5) is 0 Å². The third kappa shape index (κ3) is 5.12. The van der Waals surface area contributed by atoms with Crippen molar-refractivity contribution in [2.45, 2.75) is 59.0 Å². The molecule has 1 N–H and O–H groups in total. The molecule has 0 heterocycles. The number of nitrogens with zero attached hydrogens (tertiary/aromatic N) is 1. The fraction of sp³-hybridized carbons (Fsp3) is 0.684. The maximum absolute atomic E-state index is 3.69. The van der Waals surface area contributed by atoms with E-state index in [0.717, 1.165) is 13.1 Å². The van der Waals surface area contributed by atoms with Gasteiger partial charge in [-0.15, -0.1) is 0 Å².